The third-order valence-electron chi connectivity index (χ3n) is 9.38. The van der Waals surface area contributed by atoms with Crippen molar-refractivity contribution in [3.05, 3.63) is 180 Å². The van der Waals surface area contributed by atoms with Crippen LogP contribution >= 0.6 is 11.8 Å². The summed E-state index contributed by atoms with van der Waals surface area (Å²) in [6.45, 7) is 5.50. The zero-order valence-corrected chi connectivity index (χ0v) is 30.0. The molecule has 0 bridgehead atoms. The highest BCUT2D eigenvalue weighted by molar-refractivity contribution is 8.00. The molecule has 1 aliphatic rings. The van der Waals surface area contributed by atoms with Gasteiger partial charge in [-0.3, -0.25) is 4.79 Å². The third kappa shape index (κ3) is 7.67. The Hall–Kier alpha value is -5.60. The number of nitrogens with zero attached hydrogens (tertiary/aromatic N) is 1. The molecule has 52 heavy (non-hydrogen) atoms. The number of carbonyl (C=O) groups excluding carboxylic acids is 3. The van der Waals surface area contributed by atoms with Gasteiger partial charge in [-0.1, -0.05) is 152 Å². The minimum absolute atomic E-state index is 0.00490. The van der Waals surface area contributed by atoms with E-state index in [1.165, 1.54) is 11.0 Å². The first kappa shape index (κ1) is 36.2. The van der Waals surface area contributed by atoms with Crippen LogP contribution in [0.2, 0.25) is 0 Å². The molecule has 7 nitrogen and oxygen atoms in total. The molecule has 0 fully saturated rings. The molecule has 264 valence electrons. The molecule has 1 atom stereocenters. The Labute approximate surface area is 309 Å². The quantitative estimate of drug-likeness (QED) is 0.0670. The van der Waals surface area contributed by atoms with Gasteiger partial charge in [-0.25, -0.2) is 9.59 Å². The van der Waals surface area contributed by atoms with E-state index in [9.17, 15) is 14.4 Å². The number of ether oxygens (including phenoxy) is 2. The van der Waals surface area contributed by atoms with E-state index in [0.29, 0.717) is 0 Å². The molecule has 0 radical (unpaired) electrons. The molecule has 5 aromatic rings. The van der Waals surface area contributed by atoms with Gasteiger partial charge in [0, 0.05) is 18.2 Å². The highest BCUT2D eigenvalue weighted by Gasteiger charge is 2.40. The molecular weight excluding hydrogens is 669 g/mol. The Morgan fingerprint density at radius 3 is 1.71 bits per heavy atom. The van der Waals surface area contributed by atoms with Crippen LogP contribution in [0.1, 0.15) is 40.7 Å². The van der Waals surface area contributed by atoms with Gasteiger partial charge in [0.15, 0.2) is 0 Å². The zero-order valence-electron chi connectivity index (χ0n) is 29.2. The van der Waals surface area contributed by atoms with Gasteiger partial charge in [-0.15, -0.1) is 11.8 Å². The number of fused-ring (bicyclic) bond motifs is 3. The molecule has 0 heterocycles. The Morgan fingerprint density at radius 1 is 0.750 bits per heavy atom. The lowest BCUT2D eigenvalue weighted by atomic mass is 9.84. The molecule has 5 aromatic carbocycles. The number of benzene rings is 5. The lowest BCUT2D eigenvalue weighted by molar-refractivity contribution is -0.152. The summed E-state index contributed by atoms with van der Waals surface area (Å²) in [5, 5.41) is 2.63. The SMILES string of the molecule is C=CCOC(=O)[C@H](CSC(c1ccccc1)(c1ccccc1)c1ccccc1)N(CC)C(=O)CNC(=O)OCC1c2ccccc2-c2ccccc21. The molecule has 0 spiro atoms. The number of hydrogen-bond donors (Lipinski definition) is 1. The predicted molar refractivity (Wildman–Crippen MR) is 207 cm³/mol. The van der Waals surface area contributed by atoms with Gasteiger partial charge in [0.2, 0.25) is 5.91 Å². The second-order valence-electron chi connectivity index (χ2n) is 12.4. The third-order valence-corrected chi connectivity index (χ3v) is 11.0. The van der Waals surface area contributed by atoms with E-state index >= 15 is 0 Å². The van der Waals surface area contributed by atoms with Crippen molar-refractivity contribution in [2.75, 3.05) is 32.1 Å². The minimum Gasteiger partial charge on any atom is -0.460 e. The summed E-state index contributed by atoms with van der Waals surface area (Å²) in [5.41, 5.74) is 7.54. The van der Waals surface area contributed by atoms with E-state index in [1.807, 2.05) is 85.8 Å². The number of hydrogen-bond acceptors (Lipinski definition) is 6. The van der Waals surface area contributed by atoms with Crippen molar-refractivity contribution >= 4 is 29.7 Å². The predicted octanol–water partition coefficient (Wildman–Crippen LogP) is 8.20. The first-order valence-corrected chi connectivity index (χ1v) is 18.4. The number of nitrogens with one attached hydrogen (secondary N) is 1. The maximum Gasteiger partial charge on any atom is 0.407 e. The van der Waals surface area contributed by atoms with Crippen molar-refractivity contribution in [3.8, 4) is 11.1 Å². The van der Waals surface area contributed by atoms with Crippen molar-refractivity contribution in [2.24, 2.45) is 0 Å². The molecule has 2 amide bonds. The van der Waals surface area contributed by atoms with E-state index in [2.05, 4.69) is 72.6 Å². The molecule has 0 saturated heterocycles. The number of likely N-dealkylation sites (N-methyl/N-ethyl adjacent to an activating group) is 1. The molecule has 0 aliphatic heterocycles. The van der Waals surface area contributed by atoms with E-state index < -0.39 is 28.8 Å². The summed E-state index contributed by atoms with van der Waals surface area (Å²) in [6, 6.07) is 45.7. The second kappa shape index (κ2) is 17.1. The van der Waals surface area contributed by atoms with Gasteiger partial charge >= 0.3 is 12.1 Å². The summed E-state index contributed by atoms with van der Waals surface area (Å²) >= 11 is 1.56. The fourth-order valence-corrected chi connectivity index (χ4v) is 8.60. The molecule has 0 saturated carbocycles. The molecule has 0 unspecified atom stereocenters. The molecule has 1 N–H and O–H groups in total. The van der Waals surface area contributed by atoms with Crippen LogP contribution < -0.4 is 5.32 Å². The van der Waals surface area contributed by atoms with Crippen LogP contribution in [0.4, 0.5) is 4.79 Å². The van der Waals surface area contributed by atoms with Crippen LogP contribution in [-0.4, -0.2) is 61.0 Å². The summed E-state index contributed by atoms with van der Waals surface area (Å²) in [7, 11) is 0. The Balaban J connectivity index is 1.20. The van der Waals surface area contributed by atoms with Crippen LogP contribution in [0.3, 0.4) is 0 Å². The molecule has 6 rings (SSSR count). The van der Waals surface area contributed by atoms with Gasteiger partial charge in [0.05, 0.1) is 4.75 Å². The van der Waals surface area contributed by atoms with Crippen LogP contribution in [0.15, 0.2) is 152 Å². The van der Waals surface area contributed by atoms with Crippen LogP contribution in [0.25, 0.3) is 11.1 Å². The molecule has 0 aromatic heterocycles. The van der Waals surface area contributed by atoms with Crippen molar-refractivity contribution < 1.29 is 23.9 Å². The smallest absolute Gasteiger partial charge is 0.407 e. The lowest BCUT2D eigenvalue weighted by Gasteiger charge is -2.38. The Morgan fingerprint density at radius 2 is 1.23 bits per heavy atom. The summed E-state index contributed by atoms with van der Waals surface area (Å²) in [5.74, 6) is -0.881. The highest BCUT2D eigenvalue weighted by Crippen LogP contribution is 2.49. The largest absolute Gasteiger partial charge is 0.460 e. The average Bonchev–Trinajstić information content (AvgIpc) is 3.52. The van der Waals surface area contributed by atoms with Gasteiger partial charge in [-0.2, -0.15) is 0 Å². The van der Waals surface area contributed by atoms with Crippen molar-refractivity contribution in [1.29, 1.82) is 0 Å². The van der Waals surface area contributed by atoms with Gasteiger partial charge in [-0.05, 0) is 45.9 Å². The minimum atomic E-state index is -0.956. The lowest BCUT2D eigenvalue weighted by Crippen LogP contribution is -2.51. The Bertz CT molecular complexity index is 1840. The highest BCUT2D eigenvalue weighted by atomic mass is 32.2. The summed E-state index contributed by atoms with van der Waals surface area (Å²) in [6.07, 6.45) is 0.795. The number of rotatable bonds is 15. The topological polar surface area (TPSA) is 84.9 Å². The monoisotopic (exact) mass is 710 g/mol. The van der Waals surface area contributed by atoms with Crippen molar-refractivity contribution in [2.45, 2.75) is 23.6 Å². The van der Waals surface area contributed by atoms with E-state index in [1.54, 1.807) is 11.8 Å². The second-order valence-corrected chi connectivity index (χ2v) is 13.6. The molecular formula is C44H42N2O5S. The Kier molecular flexibility index (Phi) is 11.9. The van der Waals surface area contributed by atoms with Crippen LogP contribution in [0, 0.1) is 0 Å². The zero-order chi connectivity index (χ0) is 36.3. The fourth-order valence-electron chi connectivity index (χ4n) is 6.96. The van der Waals surface area contributed by atoms with Crippen molar-refractivity contribution in [1.82, 2.24) is 10.2 Å². The first-order chi connectivity index (χ1) is 25.5. The van der Waals surface area contributed by atoms with Crippen molar-refractivity contribution in [3.63, 3.8) is 0 Å². The number of amides is 2. The number of alkyl carbamates (subject to hydrolysis) is 1. The number of esters is 1. The van der Waals surface area contributed by atoms with Gasteiger partial charge in [0.25, 0.3) is 0 Å². The normalized spacial score (nSPS) is 12.6. The number of carbonyl (C=O) groups is 3. The number of thioether (sulfide) groups is 1. The van der Waals surface area contributed by atoms with E-state index in [4.69, 9.17) is 9.47 Å². The standard InChI is InChI=1S/C44H42N2O5S/c1-3-28-50-42(48)40(31-52-44(32-18-8-5-9-19-32,33-20-10-6-11-21-33)34-22-12-7-13-23-34)46(4-2)41(47)29-45-43(49)51-30-39-37-26-16-14-24-35(37)36-25-15-17-27-38(36)39/h3,5-27,39-40H,1,4,28-31H2,2H3,(H,45,49)/t40-/m0/s1. The molecule has 1 aliphatic carbocycles. The fraction of sp³-hybridized carbons (Fsp3) is 0.205. The van der Waals surface area contributed by atoms with Crippen LogP contribution in [-0.2, 0) is 23.8 Å². The summed E-state index contributed by atoms with van der Waals surface area (Å²) in [4.78, 5) is 42.0. The van der Waals surface area contributed by atoms with E-state index in [-0.39, 0.29) is 38.0 Å². The van der Waals surface area contributed by atoms with Crippen LogP contribution in [0.5, 0.6) is 0 Å². The van der Waals surface area contributed by atoms with Gasteiger partial charge in [0.1, 0.15) is 25.8 Å². The first-order valence-electron chi connectivity index (χ1n) is 17.4. The average molecular weight is 711 g/mol. The van der Waals surface area contributed by atoms with E-state index in [0.717, 1.165) is 38.9 Å². The molecule has 8 heteroatoms. The summed E-state index contributed by atoms with van der Waals surface area (Å²) < 4.78 is 10.5. The van der Waals surface area contributed by atoms with Gasteiger partial charge < -0.3 is 19.7 Å². The maximum atomic E-state index is 13.8. The maximum absolute atomic E-state index is 13.8.